The van der Waals surface area contributed by atoms with Crippen LogP contribution < -0.4 is 4.31 Å². The van der Waals surface area contributed by atoms with E-state index in [0.29, 0.717) is 17.6 Å². The molecule has 0 saturated carbocycles. The van der Waals surface area contributed by atoms with Crippen molar-refractivity contribution >= 4 is 18.8 Å². The van der Waals surface area contributed by atoms with E-state index in [0.717, 1.165) is 0 Å². The van der Waals surface area contributed by atoms with Crippen molar-refractivity contribution in [1.29, 1.82) is 0 Å². The van der Waals surface area contributed by atoms with Crippen molar-refractivity contribution in [3.05, 3.63) is 11.6 Å². The molecule has 0 bridgehead atoms. The van der Waals surface area contributed by atoms with Crippen LogP contribution in [0.3, 0.4) is 0 Å². The standard InChI is InChI=1S/C6H10N4S/c1-4-7-5(2)9-6(8-4)10(3)11/h11H,1-3H3. The molecule has 11 heavy (non-hydrogen) atoms. The van der Waals surface area contributed by atoms with E-state index in [1.807, 2.05) is 13.8 Å². The Bertz CT molecular complexity index is 241. The highest BCUT2D eigenvalue weighted by Crippen LogP contribution is 2.06. The topological polar surface area (TPSA) is 41.9 Å². The van der Waals surface area contributed by atoms with Gasteiger partial charge >= 0.3 is 0 Å². The Morgan fingerprint density at radius 3 is 1.91 bits per heavy atom. The lowest BCUT2D eigenvalue weighted by molar-refractivity contribution is 0.911. The predicted octanol–water partition coefficient (Wildman–Crippen LogP) is 0.769. The summed E-state index contributed by atoms with van der Waals surface area (Å²) in [6.07, 6.45) is 0. The van der Waals surface area contributed by atoms with Crippen LogP contribution in [-0.2, 0) is 0 Å². The van der Waals surface area contributed by atoms with Gasteiger partial charge in [-0.25, -0.2) is 4.98 Å². The normalized spacial score (nSPS) is 9.82. The minimum absolute atomic E-state index is 0.582. The molecule has 0 radical (unpaired) electrons. The lowest BCUT2D eigenvalue weighted by atomic mass is 10.6. The molecule has 0 unspecified atom stereocenters. The van der Waals surface area contributed by atoms with Gasteiger partial charge in [0.25, 0.3) is 0 Å². The SMILES string of the molecule is Cc1nc(C)nc(N(C)S)n1. The van der Waals surface area contributed by atoms with E-state index in [1.54, 1.807) is 11.4 Å². The van der Waals surface area contributed by atoms with Crippen molar-refractivity contribution in [3.8, 4) is 0 Å². The number of hydrogen-bond donors (Lipinski definition) is 1. The van der Waals surface area contributed by atoms with Crippen LogP contribution in [0.1, 0.15) is 11.6 Å². The van der Waals surface area contributed by atoms with Crippen LogP contribution in [0.2, 0.25) is 0 Å². The van der Waals surface area contributed by atoms with Crippen molar-refractivity contribution < 1.29 is 0 Å². The molecule has 0 spiro atoms. The molecular weight excluding hydrogens is 160 g/mol. The molecule has 0 atom stereocenters. The summed E-state index contributed by atoms with van der Waals surface area (Å²) in [5, 5.41) is 0. The number of thiol groups is 1. The third-order valence-electron chi connectivity index (χ3n) is 1.14. The van der Waals surface area contributed by atoms with E-state index in [1.165, 1.54) is 0 Å². The average Bonchev–Trinajstić information content (AvgIpc) is 1.85. The van der Waals surface area contributed by atoms with Crippen LogP contribution in [-0.4, -0.2) is 22.0 Å². The fourth-order valence-electron chi connectivity index (χ4n) is 0.743. The molecule has 1 aromatic heterocycles. The second kappa shape index (κ2) is 3.04. The third kappa shape index (κ3) is 2.04. The lowest BCUT2D eigenvalue weighted by Crippen LogP contribution is -2.09. The summed E-state index contributed by atoms with van der Waals surface area (Å²) in [5.41, 5.74) is 0. The first kappa shape index (κ1) is 8.26. The Morgan fingerprint density at radius 1 is 1.09 bits per heavy atom. The summed E-state index contributed by atoms with van der Waals surface area (Å²) < 4.78 is 1.56. The summed E-state index contributed by atoms with van der Waals surface area (Å²) in [6, 6.07) is 0. The maximum atomic E-state index is 4.06. The van der Waals surface area contributed by atoms with Gasteiger partial charge in [-0.2, -0.15) is 9.97 Å². The average molecular weight is 170 g/mol. The summed E-state index contributed by atoms with van der Waals surface area (Å²) >= 11 is 4.06. The molecule has 0 aliphatic rings. The molecule has 5 heteroatoms. The Morgan fingerprint density at radius 2 is 1.55 bits per heavy atom. The fraction of sp³-hybridized carbons (Fsp3) is 0.500. The lowest BCUT2D eigenvalue weighted by Gasteiger charge is -2.08. The second-order valence-corrected chi connectivity index (χ2v) is 2.85. The van der Waals surface area contributed by atoms with Gasteiger partial charge in [0.2, 0.25) is 5.95 Å². The highest BCUT2D eigenvalue weighted by Gasteiger charge is 2.01. The Kier molecular flexibility index (Phi) is 2.28. The number of aromatic nitrogens is 3. The van der Waals surface area contributed by atoms with E-state index in [-0.39, 0.29) is 0 Å². The number of anilines is 1. The molecule has 4 nitrogen and oxygen atoms in total. The summed E-state index contributed by atoms with van der Waals surface area (Å²) in [7, 11) is 1.78. The number of nitrogens with zero attached hydrogens (tertiary/aromatic N) is 4. The van der Waals surface area contributed by atoms with Crippen molar-refractivity contribution in [3.63, 3.8) is 0 Å². The van der Waals surface area contributed by atoms with E-state index in [9.17, 15) is 0 Å². The first-order chi connectivity index (χ1) is 5.09. The Balaban J connectivity index is 3.08. The van der Waals surface area contributed by atoms with Gasteiger partial charge < -0.3 is 0 Å². The molecule has 0 N–H and O–H groups in total. The van der Waals surface area contributed by atoms with Gasteiger partial charge in [0.15, 0.2) is 0 Å². The molecule has 0 saturated heterocycles. The van der Waals surface area contributed by atoms with Gasteiger partial charge in [0.1, 0.15) is 11.6 Å². The van der Waals surface area contributed by atoms with Gasteiger partial charge in [-0.3, -0.25) is 4.31 Å². The quantitative estimate of drug-likeness (QED) is 0.632. The molecule has 0 aliphatic heterocycles. The zero-order valence-electron chi connectivity index (χ0n) is 6.74. The van der Waals surface area contributed by atoms with Crippen molar-refractivity contribution in [2.24, 2.45) is 0 Å². The minimum atomic E-state index is 0.582. The highest BCUT2D eigenvalue weighted by molar-refractivity contribution is 7.81. The Labute approximate surface area is 71.2 Å². The fourth-order valence-corrected chi connectivity index (χ4v) is 0.833. The van der Waals surface area contributed by atoms with E-state index >= 15 is 0 Å². The first-order valence-corrected chi connectivity index (χ1v) is 3.61. The molecular formula is C6H10N4S. The second-order valence-electron chi connectivity index (χ2n) is 2.25. The summed E-state index contributed by atoms with van der Waals surface area (Å²) in [4.78, 5) is 12.2. The molecule has 0 amide bonds. The van der Waals surface area contributed by atoms with Gasteiger partial charge in [0, 0.05) is 7.05 Å². The van der Waals surface area contributed by atoms with Crippen LogP contribution in [0.25, 0.3) is 0 Å². The zero-order chi connectivity index (χ0) is 8.43. The van der Waals surface area contributed by atoms with E-state index in [4.69, 9.17) is 0 Å². The minimum Gasteiger partial charge on any atom is -0.290 e. The van der Waals surface area contributed by atoms with Crippen LogP contribution in [0.4, 0.5) is 5.95 Å². The van der Waals surface area contributed by atoms with Gasteiger partial charge in [-0.1, -0.05) is 12.8 Å². The smallest absolute Gasteiger partial charge is 0.238 e. The molecule has 60 valence electrons. The van der Waals surface area contributed by atoms with Crippen molar-refractivity contribution in [2.45, 2.75) is 13.8 Å². The van der Waals surface area contributed by atoms with E-state index in [2.05, 4.69) is 27.8 Å². The van der Waals surface area contributed by atoms with Crippen LogP contribution in [0, 0.1) is 13.8 Å². The monoisotopic (exact) mass is 170 g/mol. The van der Waals surface area contributed by atoms with E-state index < -0.39 is 0 Å². The molecule has 1 aromatic rings. The molecule has 1 rings (SSSR count). The molecule has 0 aromatic carbocycles. The number of rotatable bonds is 1. The molecule has 1 heterocycles. The number of aryl methyl sites for hydroxylation is 2. The number of hydrogen-bond acceptors (Lipinski definition) is 5. The van der Waals surface area contributed by atoms with Gasteiger partial charge in [-0.05, 0) is 13.8 Å². The molecule has 0 aliphatic carbocycles. The van der Waals surface area contributed by atoms with Crippen molar-refractivity contribution in [2.75, 3.05) is 11.4 Å². The summed E-state index contributed by atoms with van der Waals surface area (Å²) in [6.45, 7) is 3.66. The van der Waals surface area contributed by atoms with Crippen LogP contribution >= 0.6 is 12.8 Å². The predicted molar refractivity (Wildman–Crippen MR) is 46.7 cm³/mol. The largest absolute Gasteiger partial charge is 0.290 e. The Hall–Kier alpha value is -0.840. The maximum absolute atomic E-state index is 4.06. The van der Waals surface area contributed by atoms with Crippen LogP contribution in [0.5, 0.6) is 0 Å². The third-order valence-corrected chi connectivity index (χ3v) is 1.32. The van der Waals surface area contributed by atoms with Crippen molar-refractivity contribution in [1.82, 2.24) is 15.0 Å². The zero-order valence-corrected chi connectivity index (χ0v) is 7.63. The highest BCUT2D eigenvalue weighted by atomic mass is 32.1. The summed E-state index contributed by atoms with van der Waals surface area (Å²) in [5.74, 6) is 2.01. The van der Waals surface area contributed by atoms with Gasteiger partial charge in [-0.15, -0.1) is 0 Å². The van der Waals surface area contributed by atoms with Gasteiger partial charge in [0.05, 0.1) is 0 Å². The maximum Gasteiger partial charge on any atom is 0.238 e. The first-order valence-electron chi connectivity index (χ1n) is 3.21. The molecule has 0 fully saturated rings. The van der Waals surface area contributed by atoms with Crippen LogP contribution in [0.15, 0.2) is 0 Å².